The molecule has 1 nitrogen and oxygen atoms in total. The van der Waals surface area contributed by atoms with Crippen molar-refractivity contribution in [3.05, 3.63) is 0 Å². The lowest BCUT2D eigenvalue weighted by atomic mass is 10.4. The first-order chi connectivity index (χ1) is 4.83. The van der Waals surface area contributed by atoms with Gasteiger partial charge in [0.25, 0.3) is 0 Å². The van der Waals surface area contributed by atoms with Crippen LogP contribution in [0.4, 0.5) is 0 Å². The second-order valence-corrected chi connectivity index (χ2v) is 12.2. The first-order valence-corrected chi connectivity index (χ1v) is 10.2. The van der Waals surface area contributed by atoms with Crippen LogP contribution in [-0.2, 0) is 0 Å². The van der Waals surface area contributed by atoms with Crippen LogP contribution in [0, 0.1) is 10.7 Å². The van der Waals surface area contributed by atoms with Gasteiger partial charge in [-0.05, 0) is 42.1 Å². The van der Waals surface area contributed by atoms with Crippen LogP contribution in [0.3, 0.4) is 0 Å². The molecule has 0 amide bonds. The molecule has 0 bridgehead atoms. The molecule has 0 aromatic heterocycles. The molecule has 1 heterocycles. The van der Waals surface area contributed by atoms with Gasteiger partial charge in [0.1, 0.15) is 5.40 Å². The van der Waals surface area contributed by atoms with Crippen molar-refractivity contribution in [3.63, 3.8) is 0 Å². The van der Waals surface area contributed by atoms with Gasteiger partial charge >= 0.3 is 0 Å². The quantitative estimate of drug-likeness (QED) is 0.441. The van der Waals surface area contributed by atoms with Crippen molar-refractivity contribution < 1.29 is 0 Å². The summed E-state index contributed by atoms with van der Waals surface area (Å²) in [5, 5.41) is 11.4. The topological polar surface area (TPSA) is 23.8 Å². The van der Waals surface area contributed by atoms with Crippen molar-refractivity contribution in [1.82, 2.24) is 0 Å². The predicted molar refractivity (Wildman–Crippen MR) is 61.4 cm³/mol. The van der Waals surface area contributed by atoms with Crippen molar-refractivity contribution in [2.24, 2.45) is 0 Å². The van der Waals surface area contributed by atoms with Gasteiger partial charge < -0.3 is 0 Å². The smallest absolute Gasteiger partial charge is 0.123 e. The summed E-state index contributed by atoms with van der Waals surface area (Å²) >= 11 is 2.26. The maximum Gasteiger partial charge on any atom is 0.123 e. The molecule has 1 fully saturated rings. The zero-order valence-corrected chi connectivity index (χ0v) is 9.99. The van der Waals surface area contributed by atoms with E-state index in [1.807, 2.05) is 9.83 Å². The van der Waals surface area contributed by atoms with E-state index in [0.29, 0.717) is 0 Å². The lowest BCUT2D eigenvalue weighted by Crippen LogP contribution is -1.89. The van der Waals surface area contributed by atoms with E-state index in [1.54, 1.807) is 7.97 Å². The van der Waals surface area contributed by atoms with E-state index >= 15 is 0 Å². The number of hydrogen-bond acceptors (Lipinski definition) is 3. The van der Waals surface area contributed by atoms with Gasteiger partial charge in [-0.1, -0.05) is 9.06 Å². The lowest BCUT2D eigenvalue weighted by molar-refractivity contribution is 0.949. The molecule has 0 saturated carbocycles. The molecule has 0 unspecified atom stereocenters. The standard InChI is InChI=1S/C5H8INS3/c6-8-9-10(5-7)3-1-2-4-10/h1-4H2. The van der Waals surface area contributed by atoms with Gasteiger partial charge in [-0.15, -0.1) is 0 Å². The molecule has 0 spiro atoms. The van der Waals surface area contributed by atoms with Crippen LogP contribution in [0.2, 0.25) is 0 Å². The largest absolute Gasteiger partial charge is 0.186 e. The Morgan fingerprint density at radius 3 is 2.40 bits per heavy atom. The van der Waals surface area contributed by atoms with E-state index in [2.05, 4.69) is 26.6 Å². The number of hydrogen-bond donors (Lipinski definition) is 0. The van der Waals surface area contributed by atoms with Gasteiger partial charge in [-0.3, -0.25) is 0 Å². The molecule has 1 saturated heterocycles. The molecule has 1 rings (SSSR count). The number of halogens is 1. The summed E-state index contributed by atoms with van der Waals surface area (Å²) in [4.78, 5) is 0. The SMILES string of the molecule is N#CS1(SSI)CCCC1. The third kappa shape index (κ3) is 2.13. The minimum absolute atomic E-state index is 0.872. The average Bonchev–Trinajstić information content (AvgIpc) is 2.39. The Balaban J connectivity index is 2.51. The molecule has 1 aliphatic heterocycles. The first-order valence-electron chi connectivity index (χ1n) is 2.99. The fraction of sp³-hybridized carbons (Fsp3) is 0.800. The fourth-order valence-corrected chi connectivity index (χ4v) is 14.5. The van der Waals surface area contributed by atoms with Crippen molar-refractivity contribution in [2.75, 3.05) is 11.5 Å². The monoisotopic (exact) mass is 305 g/mol. The number of nitrogens with zero attached hydrogens (tertiary/aromatic N) is 1. The molecule has 0 aromatic carbocycles. The van der Waals surface area contributed by atoms with Gasteiger partial charge in [0.15, 0.2) is 0 Å². The highest BCUT2D eigenvalue weighted by molar-refractivity contribution is 14.2. The molecule has 0 aromatic rings. The van der Waals surface area contributed by atoms with Crippen LogP contribution in [-0.4, -0.2) is 11.5 Å². The Hall–Kier alpha value is 1.27. The highest BCUT2D eigenvalue weighted by Gasteiger charge is 2.29. The van der Waals surface area contributed by atoms with Crippen LogP contribution in [0.5, 0.6) is 0 Å². The number of rotatable bonds is 2. The third-order valence-corrected chi connectivity index (χ3v) is 13.0. The van der Waals surface area contributed by atoms with Gasteiger partial charge in [0.05, 0.1) is 0 Å². The van der Waals surface area contributed by atoms with E-state index in [1.165, 1.54) is 24.3 Å². The Labute approximate surface area is 82.4 Å². The molecule has 0 aliphatic carbocycles. The van der Waals surface area contributed by atoms with E-state index in [9.17, 15) is 0 Å². The summed E-state index contributed by atoms with van der Waals surface area (Å²) in [6.07, 6.45) is 2.54. The average molecular weight is 305 g/mol. The van der Waals surface area contributed by atoms with Crippen LogP contribution >= 0.6 is 48.1 Å². The summed E-state index contributed by atoms with van der Waals surface area (Å²) in [6, 6.07) is 0. The molecular formula is C5H8INS3. The van der Waals surface area contributed by atoms with Gasteiger partial charge in [-0.2, -0.15) is 5.26 Å². The Kier molecular flexibility index (Phi) is 4.06. The summed E-state index contributed by atoms with van der Waals surface area (Å²) in [5.74, 6) is 2.34. The van der Waals surface area contributed by atoms with E-state index in [4.69, 9.17) is 5.26 Å². The van der Waals surface area contributed by atoms with Crippen LogP contribution in [0.15, 0.2) is 0 Å². The minimum Gasteiger partial charge on any atom is -0.186 e. The molecule has 0 atom stereocenters. The van der Waals surface area contributed by atoms with Crippen molar-refractivity contribution in [2.45, 2.75) is 12.8 Å². The maximum absolute atomic E-state index is 8.90. The normalized spacial score (nSPS) is 25.6. The lowest BCUT2D eigenvalue weighted by Gasteiger charge is -2.22. The molecule has 10 heavy (non-hydrogen) atoms. The van der Waals surface area contributed by atoms with Gasteiger partial charge in [0, 0.05) is 21.2 Å². The minimum atomic E-state index is -0.872. The van der Waals surface area contributed by atoms with Crippen molar-refractivity contribution in [1.29, 1.82) is 5.26 Å². The fourth-order valence-electron chi connectivity index (χ4n) is 0.996. The Morgan fingerprint density at radius 1 is 1.40 bits per heavy atom. The van der Waals surface area contributed by atoms with Gasteiger partial charge in [-0.25, -0.2) is 0 Å². The summed E-state index contributed by atoms with van der Waals surface area (Å²) in [6.45, 7) is 0. The van der Waals surface area contributed by atoms with Crippen LogP contribution < -0.4 is 0 Å². The van der Waals surface area contributed by atoms with Gasteiger partial charge in [0.2, 0.25) is 0 Å². The summed E-state index contributed by atoms with van der Waals surface area (Å²) < 4.78 is 0. The first kappa shape index (κ1) is 9.36. The highest BCUT2D eigenvalue weighted by Crippen LogP contribution is 2.68. The maximum atomic E-state index is 8.90. The Morgan fingerprint density at radius 2 is 2.00 bits per heavy atom. The zero-order chi connectivity index (χ0) is 7.45. The Bertz CT molecular complexity index is 149. The highest BCUT2D eigenvalue weighted by atomic mass is 127. The van der Waals surface area contributed by atoms with E-state index in [0.717, 1.165) is 0 Å². The summed E-state index contributed by atoms with van der Waals surface area (Å²) in [5.41, 5.74) is 0. The number of nitriles is 1. The van der Waals surface area contributed by atoms with E-state index < -0.39 is 9.06 Å². The van der Waals surface area contributed by atoms with Crippen LogP contribution in [0.25, 0.3) is 0 Å². The molecule has 58 valence electrons. The predicted octanol–water partition coefficient (Wildman–Crippen LogP) is 3.71. The number of thiocyanates is 1. The van der Waals surface area contributed by atoms with E-state index in [-0.39, 0.29) is 0 Å². The third-order valence-electron chi connectivity index (χ3n) is 1.52. The molecule has 0 radical (unpaired) electrons. The van der Waals surface area contributed by atoms with Crippen molar-refractivity contribution >= 4 is 48.1 Å². The molecule has 5 heteroatoms. The molecule has 0 N–H and O–H groups in total. The zero-order valence-electron chi connectivity index (χ0n) is 5.38. The molecule has 1 aliphatic rings. The van der Waals surface area contributed by atoms with Crippen LogP contribution in [0.1, 0.15) is 12.8 Å². The van der Waals surface area contributed by atoms with Crippen molar-refractivity contribution in [3.8, 4) is 5.40 Å². The molecular weight excluding hydrogens is 297 g/mol. The second kappa shape index (κ2) is 4.33. The summed E-state index contributed by atoms with van der Waals surface area (Å²) in [7, 11) is 2.66. The second-order valence-electron chi connectivity index (χ2n) is 2.15.